The summed E-state index contributed by atoms with van der Waals surface area (Å²) < 4.78 is 26.9. The van der Waals surface area contributed by atoms with Crippen molar-refractivity contribution in [3.8, 4) is 0 Å². The van der Waals surface area contributed by atoms with Crippen molar-refractivity contribution >= 4 is 0 Å². The van der Waals surface area contributed by atoms with Crippen LogP contribution in [0.2, 0.25) is 0 Å². The number of halogens is 2. The Morgan fingerprint density at radius 1 is 1.29 bits per heavy atom. The molecule has 1 aliphatic carbocycles. The molecule has 0 aliphatic heterocycles. The normalized spacial score (nSPS) is 33.7. The second-order valence-corrected chi connectivity index (χ2v) is 5.33. The van der Waals surface area contributed by atoms with Crippen LogP contribution in [0.4, 0.5) is 8.78 Å². The van der Waals surface area contributed by atoms with Crippen molar-refractivity contribution in [2.45, 2.75) is 38.7 Å². The van der Waals surface area contributed by atoms with E-state index < -0.39 is 17.2 Å². The second-order valence-electron chi connectivity index (χ2n) is 5.33. The Kier molecular flexibility index (Phi) is 3.21. The third-order valence-electron chi connectivity index (χ3n) is 3.98. The molecule has 0 saturated heterocycles. The second kappa shape index (κ2) is 4.37. The fraction of sp³-hybridized carbons (Fsp3) is 0.571. The fourth-order valence-corrected chi connectivity index (χ4v) is 2.86. The van der Waals surface area contributed by atoms with Crippen molar-refractivity contribution in [2.24, 2.45) is 11.8 Å². The van der Waals surface area contributed by atoms with E-state index in [0.29, 0.717) is 12.3 Å². The largest absolute Gasteiger partial charge is 0.385 e. The van der Waals surface area contributed by atoms with Crippen LogP contribution in [0.5, 0.6) is 0 Å². The van der Waals surface area contributed by atoms with Gasteiger partial charge in [-0.15, -0.1) is 0 Å². The van der Waals surface area contributed by atoms with Gasteiger partial charge in [0.25, 0.3) is 0 Å². The molecule has 3 unspecified atom stereocenters. The highest BCUT2D eigenvalue weighted by atomic mass is 19.1. The first-order valence-corrected chi connectivity index (χ1v) is 6.11. The molecule has 0 bridgehead atoms. The van der Waals surface area contributed by atoms with E-state index in [2.05, 4.69) is 6.92 Å². The molecule has 0 spiro atoms. The molecule has 1 saturated carbocycles. The van der Waals surface area contributed by atoms with E-state index in [1.165, 1.54) is 0 Å². The lowest BCUT2D eigenvalue weighted by Crippen LogP contribution is -2.39. The zero-order valence-corrected chi connectivity index (χ0v) is 10.2. The molecule has 1 fully saturated rings. The summed E-state index contributed by atoms with van der Waals surface area (Å²) in [6.45, 7) is 4.03. The molecule has 17 heavy (non-hydrogen) atoms. The molecule has 3 atom stereocenters. The maximum Gasteiger partial charge on any atom is 0.129 e. The van der Waals surface area contributed by atoms with Crippen LogP contribution in [-0.2, 0) is 5.60 Å². The maximum absolute atomic E-state index is 13.7. The Morgan fingerprint density at radius 2 is 2.00 bits per heavy atom. The zero-order valence-electron chi connectivity index (χ0n) is 10.2. The van der Waals surface area contributed by atoms with Gasteiger partial charge in [0.05, 0.1) is 5.60 Å². The quantitative estimate of drug-likeness (QED) is 0.795. The van der Waals surface area contributed by atoms with Gasteiger partial charge in [0.15, 0.2) is 0 Å². The van der Waals surface area contributed by atoms with E-state index in [1.54, 1.807) is 0 Å². The van der Waals surface area contributed by atoms with E-state index in [4.69, 9.17) is 0 Å². The Morgan fingerprint density at radius 3 is 2.65 bits per heavy atom. The van der Waals surface area contributed by atoms with E-state index in [9.17, 15) is 13.9 Å². The van der Waals surface area contributed by atoms with E-state index in [0.717, 1.165) is 31.0 Å². The highest BCUT2D eigenvalue weighted by Crippen LogP contribution is 2.44. The summed E-state index contributed by atoms with van der Waals surface area (Å²) >= 11 is 0. The molecule has 1 aromatic carbocycles. The van der Waals surface area contributed by atoms with Crippen molar-refractivity contribution in [1.29, 1.82) is 0 Å². The fourth-order valence-electron chi connectivity index (χ4n) is 2.86. The standard InChI is InChI=1S/C14H18F2O/c1-9-5-6-14(17,10(2)7-9)12-8-11(15)3-4-13(12)16/h3-4,8-10,17H,5-7H2,1-2H3. The third kappa shape index (κ3) is 2.21. The van der Waals surface area contributed by atoms with E-state index in [1.807, 2.05) is 6.92 Å². The lowest BCUT2D eigenvalue weighted by atomic mass is 9.69. The average molecular weight is 240 g/mol. The average Bonchev–Trinajstić information content (AvgIpc) is 2.27. The third-order valence-corrected chi connectivity index (χ3v) is 3.98. The molecular weight excluding hydrogens is 222 g/mol. The zero-order chi connectivity index (χ0) is 12.6. The molecule has 2 rings (SSSR count). The molecular formula is C14H18F2O. The van der Waals surface area contributed by atoms with Crippen molar-refractivity contribution < 1.29 is 13.9 Å². The van der Waals surface area contributed by atoms with Crippen molar-refractivity contribution in [3.63, 3.8) is 0 Å². The van der Waals surface area contributed by atoms with Gasteiger partial charge in [0.1, 0.15) is 11.6 Å². The maximum atomic E-state index is 13.7. The monoisotopic (exact) mass is 240 g/mol. The van der Waals surface area contributed by atoms with Gasteiger partial charge in [-0.25, -0.2) is 8.78 Å². The van der Waals surface area contributed by atoms with Gasteiger partial charge in [0, 0.05) is 5.56 Å². The van der Waals surface area contributed by atoms with Gasteiger partial charge in [0.2, 0.25) is 0 Å². The first-order chi connectivity index (χ1) is 7.93. The van der Waals surface area contributed by atoms with Crippen LogP contribution >= 0.6 is 0 Å². The summed E-state index contributed by atoms with van der Waals surface area (Å²) in [4.78, 5) is 0. The van der Waals surface area contributed by atoms with Crippen LogP contribution in [0.15, 0.2) is 18.2 Å². The minimum absolute atomic E-state index is 0.0532. The number of hydrogen-bond acceptors (Lipinski definition) is 1. The highest BCUT2D eigenvalue weighted by Gasteiger charge is 2.41. The van der Waals surface area contributed by atoms with E-state index >= 15 is 0 Å². The number of benzene rings is 1. The summed E-state index contributed by atoms with van der Waals surface area (Å²) in [5.41, 5.74) is -1.12. The molecule has 0 aromatic heterocycles. The number of rotatable bonds is 1. The highest BCUT2D eigenvalue weighted by molar-refractivity contribution is 5.26. The van der Waals surface area contributed by atoms with Crippen LogP contribution in [0.25, 0.3) is 0 Å². The van der Waals surface area contributed by atoms with Crippen LogP contribution in [-0.4, -0.2) is 5.11 Å². The molecule has 0 heterocycles. The smallest absolute Gasteiger partial charge is 0.129 e. The topological polar surface area (TPSA) is 20.2 Å². The summed E-state index contributed by atoms with van der Waals surface area (Å²) in [5, 5.41) is 10.6. The Balaban J connectivity index is 2.40. The number of aliphatic hydroxyl groups is 1. The van der Waals surface area contributed by atoms with Crippen LogP contribution in [0.3, 0.4) is 0 Å². The minimum atomic E-state index is -1.22. The lowest BCUT2D eigenvalue weighted by molar-refractivity contribution is -0.0614. The SMILES string of the molecule is CC1CCC(O)(c2cc(F)ccc2F)C(C)C1. The minimum Gasteiger partial charge on any atom is -0.385 e. The van der Waals surface area contributed by atoms with Gasteiger partial charge in [-0.05, 0) is 49.3 Å². The predicted octanol–water partition coefficient (Wildman–Crippen LogP) is 3.61. The van der Waals surface area contributed by atoms with Crippen LogP contribution in [0.1, 0.15) is 38.7 Å². The van der Waals surface area contributed by atoms with Crippen molar-refractivity contribution in [3.05, 3.63) is 35.4 Å². The van der Waals surface area contributed by atoms with Gasteiger partial charge >= 0.3 is 0 Å². The molecule has 0 radical (unpaired) electrons. The summed E-state index contributed by atoms with van der Waals surface area (Å²) in [5.74, 6) is -0.541. The molecule has 1 nitrogen and oxygen atoms in total. The van der Waals surface area contributed by atoms with Crippen molar-refractivity contribution in [2.75, 3.05) is 0 Å². The predicted molar refractivity (Wildman–Crippen MR) is 62.4 cm³/mol. The van der Waals surface area contributed by atoms with Gasteiger partial charge in [-0.1, -0.05) is 13.8 Å². The van der Waals surface area contributed by atoms with Gasteiger partial charge in [-0.3, -0.25) is 0 Å². The van der Waals surface area contributed by atoms with Crippen LogP contribution in [0, 0.1) is 23.5 Å². The molecule has 1 aromatic rings. The summed E-state index contributed by atoms with van der Waals surface area (Å²) in [6, 6.07) is 3.30. The molecule has 0 amide bonds. The Labute approximate surface area is 100 Å². The van der Waals surface area contributed by atoms with Crippen molar-refractivity contribution in [1.82, 2.24) is 0 Å². The molecule has 94 valence electrons. The Hall–Kier alpha value is -0.960. The van der Waals surface area contributed by atoms with Gasteiger partial charge in [-0.2, -0.15) is 0 Å². The van der Waals surface area contributed by atoms with Gasteiger partial charge < -0.3 is 5.11 Å². The number of hydrogen-bond donors (Lipinski definition) is 1. The summed E-state index contributed by atoms with van der Waals surface area (Å²) in [6.07, 6.45) is 2.18. The summed E-state index contributed by atoms with van der Waals surface area (Å²) in [7, 11) is 0. The Bertz CT molecular complexity index is 419. The molecule has 3 heteroatoms. The van der Waals surface area contributed by atoms with E-state index in [-0.39, 0.29) is 11.5 Å². The molecule has 1 N–H and O–H groups in total. The van der Waals surface area contributed by atoms with Crippen LogP contribution < -0.4 is 0 Å². The molecule has 1 aliphatic rings. The first kappa shape index (κ1) is 12.5. The first-order valence-electron chi connectivity index (χ1n) is 6.11. The lowest BCUT2D eigenvalue weighted by Gasteiger charge is -2.41.